The van der Waals surface area contributed by atoms with Gasteiger partial charge in [-0.25, -0.2) is 13.8 Å². The molecule has 11 heteroatoms. The first-order chi connectivity index (χ1) is 21.2. The lowest BCUT2D eigenvalue weighted by molar-refractivity contribution is -0.119. The zero-order chi connectivity index (χ0) is 31.5. The van der Waals surface area contributed by atoms with Crippen LogP contribution in [0.15, 0.2) is 101 Å². The number of anilines is 1. The number of nitrogens with zero attached hydrogens (tertiary/aromatic N) is 2. The summed E-state index contributed by atoms with van der Waals surface area (Å²) in [6, 6.07) is 26.1. The van der Waals surface area contributed by atoms with E-state index >= 15 is 0 Å². The number of carbonyl (C=O) groups is 1. The van der Waals surface area contributed by atoms with E-state index in [9.17, 15) is 13.2 Å². The van der Waals surface area contributed by atoms with Gasteiger partial charge in [0.05, 0.1) is 37.6 Å². The number of methoxy groups -OCH3 is 2. The van der Waals surface area contributed by atoms with Crippen LogP contribution in [0.1, 0.15) is 23.6 Å². The van der Waals surface area contributed by atoms with Crippen molar-refractivity contribution in [3.05, 3.63) is 108 Å². The highest BCUT2D eigenvalue weighted by Gasteiger charge is 2.30. The molecule has 1 amide bonds. The fourth-order valence-electron chi connectivity index (χ4n) is 4.20. The Balaban J connectivity index is 1.53. The zero-order valence-electron chi connectivity index (χ0n) is 25.0. The van der Waals surface area contributed by atoms with Crippen LogP contribution in [0.4, 0.5) is 5.69 Å². The van der Waals surface area contributed by atoms with Gasteiger partial charge in [-0.2, -0.15) is 5.10 Å². The van der Waals surface area contributed by atoms with Gasteiger partial charge in [-0.1, -0.05) is 48.0 Å². The number of aryl methyl sites for hydroxylation is 1. The summed E-state index contributed by atoms with van der Waals surface area (Å²) in [6.45, 7) is 3.96. The molecular formula is C33H35N3O7S. The summed E-state index contributed by atoms with van der Waals surface area (Å²) in [5, 5.41) is 4.06. The predicted molar refractivity (Wildman–Crippen MR) is 169 cm³/mol. The monoisotopic (exact) mass is 617 g/mol. The second kappa shape index (κ2) is 14.9. The summed E-state index contributed by atoms with van der Waals surface area (Å²) in [5.74, 6) is 1.07. The van der Waals surface area contributed by atoms with Crippen LogP contribution in [-0.2, 0) is 21.4 Å². The number of sulfonamides is 1. The minimum Gasteiger partial charge on any atom is -0.497 e. The number of hydrogen-bond acceptors (Lipinski definition) is 8. The van der Waals surface area contributed by atoms with Crippen molar-refractivity contribution in [3.63, 3.8) is 0 Å². The first-order valence-electron chi connectivity index (χ1n) is 13.8. The van der Waals surface area contributed by atoms with Gasteiger partial charge in [0.25, 0.3) is 15.9 Å². The molecule has 0 spiro atoms. The van der Waals surface area contributed by atoms with Crippen LogP contribution in [-0.4, -0.2) is 47.9 Å². The molecule has 0 bridgehead atoms. The van der Waals surface area contributed by atoms with E-state index in [1.807, 2.05) is 44.2 Å². The van der Waals surface area contributed by atoms with E-state index in [0.717, 1.165) is 15.4 Å². The van der Waals surface area contributed by atoms with Crippen LogP contribution in [0.2, 0.25) is 0 Å². The average Bonchev–Trinajstić information content (AvgIpc) is 3.03. The van der Waals surface area contributed by atoms with Gasteiger partial charge in [0.15, 0.2) is 11.5 Å². The van der Waals surface area contributed by atoms with E-state index in [-0.39, 0.29) is 16.3 Å². The standard InChI is InChI=1S/C33H35N3O7S/c1-5-42-32-19-26(13-17-31(32)43-23-25-9-7-6-8-10-25)21-34-35-33(37)22-36(29-20-27(40-3)14-18-30(29)41-4)44(38,39)28-15-11-24(2)12-16-28/h6-21H,5,22-23H2,1-4H3,(H,35,37)/b34-21-. The Morgan fingerprint density at radius 3 is 2.27 bits per heavy atom. The Hall–Kier alpha value is -5.03. The summed E-state index contributed by atoms with van der Waals surface area (Å²) >= 11 is 0. The van der Waals surface area contributed by atoms with Crippen molar-refractivity contribution >= 4 is 27.8 Å². The molecule has 4 aromatic carbocycles. The molecule has 0 saturated heterocycles. The van der Waals surface area contributed by atoms with Crippen molar-refractivity contribution < 1.29 is 32.2 Å². The Bertz CT molecular complexity index is 1690. The molecule has 0 aliphatic heterocycles. The van der Waals surface area contributed by atoms with Crippen molar-refractivity contribution in [2.45, 2.75) is 25.3 Å². The van der Waals surface area contributed by atoms with Gasteiger partial charge in [-0.3, -0.25) is 9.10 Å². The Morgan fingerprint density at radius 2 is 1.59 bits per heavy atom. The molecule has 0 atom stereocenters. The second-order valence-electron chi connectivity index (χ2n) is 9.57. The highest BCUT2D eigenvalue weighted by atomic mass is 32.2. The molecule has 0 heterocycles. The van der Waals surface area contributed by atoms with Crippen LogP contribution in [0, 0.1) is 6.92 Å². The lowest BCUT2D eigenvalue weighted by atomic mass is 10.2. The number of ether oxygens (including phenoxy) is 4. The number of hydrazone groups is 1. The third-order valence-electron chi connectivity index (χ3n) is 6.46. The minimum absolute atomic E-state index is 0.0160. The fourth-order valence-corrected chi connectivity index (χ4v) is 5.62. The second-order valence-corrected chi connectivity index (χ2v) is 11.4. The maximum Gasteiger partial charge on any atom is 0.264 e. The fraction of sp³-hybridized carbons (Fsp3) is 0.212. The molecule has 44 heavy (non-hydrogen) atoms. The van der Waals surface area contributed by atoms with Crippen LogP contribution in [0.25, 0.3) is 0 Å². The molecule has 0 aliphatic carbocycles. The molecule has 0 unspecified atom stereocenters. The van der Waals surface area contributed by atoms with Gasteiger partial charge in [0, 0.05) is 6.07 Å². The summed E-state index contributed by atoms with van der Waals surface area (Å²) in [4.78, 5) is 13.1. The van der Waals surface area contributed by atoms with Gasteiger partial charge in [-0.15, -0.1) is 0 Å². The normalized spacial score (nSPS) is 11.2. The summed E-state index contributed by atoms with van der Waals surface area (Å²) in [5.41, 5.74) is 5.11. The maximum absolute atomic E-state index is 13.8. The molecule has 1 N–H and O–H groups in total. The van der Waals surface area contributed by atoms with Crippen molar-refractivity contribution in [2.75, 3.05) is 31.7 Å². The Kier molecular flexibility index (Phi) is 10.8. The number of amides is 1. The van der Waals surface area contributed by atoms with E-state index in [4.69, 9.17) is 18.9 Å². The van der Waals surface area contributed by atoms with E-state index in [0.29, 0.717) is 36.0 Å². The molecule has 230 valence electrons. The number of nitrogens with one attached hydrogen (secondary N) is 1. The molecule has 4 rings (SSSR count). The molecule has 0 radical (unpaired) electrons. The van der Waals surface area contributed by atoms with E-state index in [1.54, 1.807) is 42.5 Å². The topological polar surface area (TPSA) is 116 Å². The SMILES string of the molecule is CCOc1cc(/C=N\NC(=O)CN(c2cc(OC)ccc2OC)S(=O)(=O)c2ccc(C)cc2)ccc1OCc1ccccc1. The van der Waals surface area contributed by atoms with Crippen molar-refractivity contribution in [2.24, 2.45) is 5.10 Å². The first-order valence-corrected chi connectivity index (χ1v) is 15.3. The summed E-state index contributed by atoms with van der Waals surface area (Å²) < 4.78 is 51.0. The molecular weight excluding hydrogens is 582 g/mol. The number of rotatable bonds is 14. The largest absolute Gasteiger partial charge is 0.497 e. The highest BCUT2D eigenvalue weighted by Crippen LogP contribution is 2.35. The Morgan fingerprint density at radius 1 is 0.864 bits per heavy atom. The summed E-state index contributed by atoms with van der Waals surface area (Å²) in [6.07, 6.45) is 1.44. The van der Waals surface area contributed by atoms with Crippen molar-refractivity contribution in [3.8, 4) is 23.0 Å². The van der Waals surface area contributed by atoms with Gasteiger partial charge >= 0.3 is 0 Å². The van der Waals surface area contributed by atoms with E-state index in [2.05, 4.69) is 10.5 Å². The highest BCUT2D eigenvalue weighted by molar-refractivity contribution is 7.92. The quantitative estimate of drug-likeness (QED) is 0.150. The maximum atomic E-state index is 13.8. The van der Waals surface area contributed by atoms with Gasteiger partial charge in [-0.05, 0) is 67.4 Å². The molecule has 0 saturated carbocycles. The lowest BCUT2D eigenvalue weighted by Crippen LogP contribution is -2.39. The zero-order valence-corrected chi connectivity index (χ0v) is 25.8. The lowest BCUT2D eigenvalue weighted by Gasteiger charge is -2.25. The van der Waals surface area contributed by atoms with Gasteiger partial charge in [0.2, 0.25) is 0 Å². The van der Waals surface area contributed by atoms with Crippen molar-refractivity contribution in [1.82, 2.24) is 5.43 Å². The third-order valence-corrected chi connectivity index (χ3v) is 8.23. The van der Waals surface area contributed by atoms with E-state index < -0.39 is 22.5 Å². The third kappa shape index (κ3) is 8.07. The first kappa shape index (κ1) is 31.9. The predicted octanol–water partition coefficient (Wildman–Crippen LogP) is 5.34. The summed E-state index contributed by atoms with van der Waals surface area (Å²) in [7, 11) is -1.31. The smallest absolute Gasteiger partial charge is 0.264 e. The molecule has 4 aromatic rings. The molecule has 0 fully saturated rings. The number of hydrogen-bond donors (Lipinski definition) is 1. The Labute approximate surface area is 257 Å². The van der Waals surface area contributed by atoms with Crippen molar-refractivity contribution in [1.29, 1.82) is 0 Å². The van der Waals surface area contributed by atoms with Gasteiger partial charge < -0.3 is 18.9 Å². The number of benzene rings is 4. The molecule has 0 aromatic heterocycles. The molecule has 10 nitrogen and oxygen atoms in total. The van der Waals surface area contributed by atoms with Gasteiger partial charge in [0.1, 0.15) is 24.7 Å². The number of carbonyl (C=O) groups excluding carboxylic acids is 1. The van der Waals surface area contributed by atoms with Crippen LogP contribution in [0.3, 0.4) is 0 Å². The van der Waals surface area contributed by atoms with E-state index in [1.165, 1.54) is 38.6 Å². The minimum atomic E-state index is -4.19. The van der Waals surface area contributed by atoms with Crippen LogP contribution in [0.5, 0.6) is 23.0 Å². The van der Waals surface area contributed by atoms with Crippen LogP contribution >= 0.6 is 0 Å². The average molecular weight is 618 g/mol. The molecule has 0 aliphatic rings. The van der Waals surface area contributed by atoms with Crippen LogP contribution < -0.4 is 28.7 Å².